The molecule has 0 atom stereocenters. The Hall–Kier alpha value is -0.950. The SMILES string of the molecule is [N-]=[N+]=C1CCCCCCCCCC1=O. The van der Waals surface area contributed by atoms with Gasteiger partial charge in [-0.15, -0.1) is 0 Å². The lowest BCUT2D eigenvalue weighted by Gasteiger charge is -1.96. The van der Waals surface area contributed by atoms with Gasteiger partial charge in [0.2, 0.25) is 5.78 Å². The molecule has 0 saturated heterocycles. The van der Waals surface area contributed by atoms with Crippen molar-refractivity contribution in [1.29, 1.82) is 0 Å². The highest BCUT2D eigenvalue weighted by molar-refractivity contribution is 6.37. The quantitative estimate of drug-likeness (QED) is 0.432. The summed E-state index contributed by atoms with van der Waals surface area (Å²) in [5.41, 5.74) is 9.06. The number of hydrogen-bond acceptors (Lipinski definition) is 1. The van der Waals surface area contributed by atoms with Crippen molar-refractivity contribution in [2.24, 2.45) is 0 Å². The molecule has 1 aliphatic rings. The van der Waals surface area contributed by atoms with E-state index in [-0.39, 0.29) is 5.78 Å². The van der Waals surface area contributed by atoms with E-state index >= 15 is 0 Å². The molecule has 0 aromatic heterocycles. The van der Waals surface area contributed by atoms with Crippen LogP contribution in [0.5, 0.6) is 0 Å². The van der Waals surface area contributed by atoms with Gasteiger partial charge in [0.15, 0.2) is 0 Å². The van der Waals surface area contributed by atoms with Crippen LogP contribution in [0, 0.1) is 0 Å². The van der Waals surface area contributed by atoms with E-state index in [1.54, 1.807) is 0 Å². The van der Waals surface area contributed by atoms with Crippen LogP contribution in [0.15, 0.2) is 0 Å². The number of nitrogens with zero attached hydrogens (tertiary/aromatic N) is 2. The first-order chi connectivity index (χ1) is 6.84. The molecule has 3 heteroatoms. The Bertz CT molecular complexity index is 242. The average Bonchev–Trinajstić information content (AvgIpc) is 2.24. The molecule has 1 saturated carbocycles. The van der Waals surface area contributed by atoms with Crippen molar-refractivity contribution in [3.8, 4) is 0 Å². The first kappa shape index (κ1) is 11.1. The lowest BCUT2D eigenvalue weighted by atomic mass is 10.1. The summed E-state index contributed by atoms with van der Waals surface area (Å²) in [5, 5.41) is 0. The number of hydrogen-bond donors (Lipinski definition) is 0. The molecule has 1 aliphatic carbocycles. The molecule has 0 bridgehead atoms. The molecule has 0 aromatic carbocycles. The van der Waals surface area contributed by atoms with Gasteiger partial charge in [0, 0.05) is 6.42 Å². The molecule has 0 spiro atoms. The fraction of sp³-hybridized carbons (Fsp3) is 0.818. The highest BCUT2D eigenvalue weighted by Gasteiger charge is 2.18. The summed E-state index contributed by atoms with van der Waals surface area (Å²) in [4.78, 5) is 14.6. The van der Waals surface area contributed by atoms with Gasteiger partial charge in [-0.1, -0.05) is 32.1 Å². The fourth-order valence-corrected chi connectivity index (χ4v) is 1.85. The van der Waals surface area contributed by atoms with Gasteiger partial charge in [0.25, 0.3) is 0 Å². The Morgan fingerprint density at radius 3 is 1.93 bits per heavy atom. The van der Waals surface area contributed by atoms with Crippen molar-refractivity contribution in [2.45, 2.75) is 57.8 Å². The third-order valence-electron chi connectivity index (χ3n) is 2.76. The van der Waals surface area contributed by atoms with Crippen molar-refractivity contribution in [2.75, 3.05) is 0 Å². The van der Waals surface area contributed by atoms with Crippen molar-refractivity contribution in [3.63, 3.8) is 0 Å². The standard InChI is InChI=1S/C11H18N2O/c12-13-10-8-6-4-2-1-3-5-7-9-11(10)14/h1-9H2. The lowest BCUT2D eigenvalue weighted by Crippen LogP contribution is -2.14. The van der Waals surface area contributed by atoms with E-state index in [0.29, 0.717) is 18.6 Å². The van der Waals surface area contributed by atoms with Gasteiger partial charge in [-0.2, -0.15) is 4.79 Å². The maximum atomic E-state index is 11.5. The van der Waals surface area contributed by atoms with Gasteiger partial charge >= 0.3 is 5.71 Å². The monoisotopic (exact) mass is 194 g/mol. The van der Waals surface area contributed by atoms with Gasteiger partial charge in [-0.25, -0.2) is 0 Å². The largest absolute Gasteiger partial charge is 0.361 e. The van der Waals surface area contributed by atoms with Crippen molar-refractivity contribution < 1.29 is 9.58 Å². The summed E-state index contributed by atoms with van der Waals surface area (Å²) in [5.74, 6) is 0.0365. The van der Waals surface area contributed by atoms with Gasteiger partial charge in [0.1, 0.15) is 0 Å². The van der Waals surface area contributed by atoms with Crippen molar-refractivity contribution in [3.05, 3.63) is 5.53 Å². The zero-order chi connectivity index (χ0) is 10.2. The van der Waals surface area contributed by atoms with Gasteiger partial charge in [-0.05, 0) is 12.8 Å². The minimum atomic E-state index is 0.0365. The minimum absolute atomic E-state index is 0.0365. The number of carbonyl (C=O) groups is 1. The normalized spacial score (nSPS) is 21.1. The molecule has 0 amide bonds. The Kier molecular flexibility index (Phi) is 5.16. The van der Waals surface area contributed by atoms with E-state index in [2.05, 4.69) is 4.79 Å². The van der Waals surface area contributed by atoms with E-state index in [0.717, 1.165) is 25.7 Å². The van der Waals surface area contributed by atoms with Crippen LogP contribution in [-0.2, 0) is 4.79 Å². The predicted molar refractivity (Wildman–Crippen MR) is 55.2 cm³/mol. The summed E-state index contributed by atoms with van der Waals surface area (Å²) in [6.07, 6.45) is 9.15. The molecule has 3 nitrogen and oxygen atoms in total. The maximum Gasteiger partial charge on any atom is 0.334 e. The zero-order valence-corrected chi connectivity index (χ0v) is 8.67. The second-order valence-electron chi connectivity index (χ2n) is 3.94. The second-order valence-corrected chi connectivity index (χ2v) is 3.94. The lowest BCUT2D eigenvalue weighted by molar-refractivity contribution is -0.117. The van der Waals surface area contributed by atoms with Crippen LogP contribution in [0.25, 0.3) is 5.53 Å². The molecule has 0 heterocycles. The molecule has 14 heavy (non-hydrogen) atoms. The molecule has 0 aliphatic heterocycles. The van der Waals surface area contributed by atoms with Crippen LogP contribution in [0.4, 0.5) is 0 Å². The van der Waals surface area contributed by atoms with Crippen molar-refractivity contribution >= 4 is 11.5 Å². The van der Waals surface area contributed by atoms with Gasteiger partial charge in [0.05, 0.1) is 6.42 Å². The first-order valence-corrected chi connectivity index (χ1v) is 5.58. The van der Waals surface area contributed by atoms with Crippen molar-refractivity contribution in [1.82, 2.24) is 0 Å². The zero-order valence-electron chi connectivity index (χ0n) is 8.67. The van der Waals surface area contributed by atoms with Crippen LogP contribution in [0.1, 0.15) is 57.8 Å². The number of carbonyl (C=O) groups excluding carboxylic acids is 1. The van der Waals surface area contributed by atoms with Crippen LogP contribution < -0.4 is 0 Å². The molecule has 78 valence electrons. The summed E-state index contributed by atoms with van der Waals surface area (Å²) >= 11 is 0. The number of ketones is 1. The summed E-state index contributed by atoms with van der Waals surface area (Å²) < 4.78 is 0. The minimum Gasteiger partial charge on any atom is -0.361 e. The Morgan fingerprint density at radius 1 is 0.857 bits per heavy atom. The third kappa shape index (κ3) is 3.84. The molecule has 0 radical (unpaired) electrons. The number of rotatable bonds is 0. The Balaban J connectivity index is 2.50. The van der Waals surface area contributed by atoms with E-state index in [4.69, 9.17) is 5.53 Å². The summed E-state index contributed by atoms with van der Waals surface area (Å²) in [6, 6.07) is 0. The van der Waals surface area contributed by atoms with Crippen LogP contribution in [0.3, 0.4) is 0 Å². The average molecular weight is 194 g/mol. The first-order valence-electron chi connectivity index (χ1n) is 5.58. The van der Waals surface area contributed by atoms with Gasteiger partial charge < -0.3 is 5.53 Å². The van der Waals surface area contributed by atoms with E-state index in [1.165, 1.54) is 19.3 Å². The van der Waals surface area contributed by atoms with Crippen LogP contribution in [0.2, 0.25) is 0 Å². The molecule has 1 rings (SSSR count). The molecular weight excluding hydrogens is 176 g/mol. The molecule has 0 unspecified atom stereocenters. The van der Waals surface area contributed by atoms with Gasteiger partial charge in [-0.3, -0.25) is 4.79 Å². The Labute approximate surface area is 85.1 Å². The van der Waals surface area contributed by atoms with Crippen LogP contribution in [-0.4, -0.2) is 16.3 Å². The fourth-order valence-electron chi connectivity index (χ4n) is 1.85. The van der Waals surface area contributed by atoms with E-state index < -0.39 is 0 Å². The molecule has 1 fully saturated rings. The Morgan fingerprint density at radius 2 is 1.36 bits per heavy atom. The molecule has 0 N–H and O–H groups in total. The topological polar surface area (TPSA) is 53.5 Å². The summed E-state index contributed by atoms with van der Waals surface area (Å²) in [6.45, 7) is 0. The summed E-state index contributed by atoms with van der Waals surface area (Å²) in [7, 11) is 0. The highest BCUT2D eigenvalue weighted by atomic mass is 16.1. The smallest absolute Gasteiger partial charge is 0.334 e. The molecule has 0 aromatic rings. The second kappa shape index (κ2) is 6.50. The highest BCUT2D eigenvalue weighted by Crippen LogP contribution is 2.13. The third-order valence-corrected chi connectivity index (χ3v) is 2.76. The number of Topliss-reactive ketones (excluding diaryl/α,β-unsaturated/α-hetero) is 1. The van der Waals surface area contributed by atoms with Crippen LogP contribution >= 0.6 is 0 Å². The maximum absolute atomic E-state index is 11.5. The van der Waals surface area contributed by atoms with E-state index in [9.17, 15) is 4.79 Å². The molecular formula is C11H18N2O. The predicted octanol–water partition coefficient (Wildman–Crippen LogP) is 2.75. The van der Waals surface area contributed by atoms with E-state index in [1.807, 2.05) is 0 Å².